The quantitative estimate of drug-likeness (QED) is 0.458. The summed E-state index contributed by atoms with van der Waals surface area (Å²) in [5, 5.41) is 12.0. The first-order valence-electron chi connectivity index (χ1n) is 10.2. The second kappa shape index (κ2) is 17.7. The van der Waals surface area contributed by atoms with Crippen LogP contribution in [0, 0.1) is 6.92 Å². The number of carbonyl (C=O) groups is 1. The van der Waals surface area contributed by atoms with Crippen molar-refractivity contribution in [3.63, 3.8) is 0 Å². The lowest BCUT2D eigenvalue weighted by molar-refractivity contribution is -0.142. The van der Waals surface area contributed by atoms with Crippen molar-refractivity contribution in [1.29, 1.82) is 0 Å². The van der Waals surface area contributed by atoms with Crippen molar-refractivity contribution in [3.05, 3.63) is 46.0 Å². The first-order valence-corrected chi connectivity index (χ1v) is 10.6. The van der Waals surface area contributed by atoms with Gasteiger partial charge >= 0.3 is 5.97 Å². The molecule has 1 rings (SSSR count). The smallest absolute Gasteiger partial charge is 0.329 e. The number of halogens is 1. The summed E-state index contributed by atoms with van der Waals surface area (Å²) >= 11 is 5.86. The van der Waals surface area contributed by atoms with Gasteiger partial charge in [-0.3, -0.25) is 0 Å². The lowest BCUT2D eigenvalue weighted by Crippen LogP contribution is -2.08. The predicted molar refractivity (Wildman–Crippen MR) is 128 cm³/mol. The van der Waals surface area contributed by atoms with Crippen LogP contribution in [0.2, 0.25) is 0 Å². The molecular weight excluding hydrogens is 402 g/mol. The van der Waals surface area contributed by atoms with E-state index in [0.29, 0.717) is 6.61 Å². The average Bonchev–Trinajstić information content (AvgIpc) is 2.71. The van der Waals surface area contributed by atoms with E-state index in [0.717, 1.165) is 45.6 Å². The molecular formula is C23H38ClN3O3. The van der Waals surface area contributed by atoms with Gasteiger partial charge in [-0.25, -0.2) is 14.8 Å². The third-order valence-electron chi connectivity index (χ3n) is 3.66. The third kappa shape index (κ3) is 13.1. The molecule has 0 saturated carbocycles. The molecule has 0 bridgehead atoms. The van der Waals surface area contributed by atoms with Crippen molar-refractivity contribution in [2.24, 2.45) is 0 Å². The lowest BCUT2D eigenvalue weighted by atomic mass is 10.1. The molecule has 0 aliphatic heterocycles. The van der Waals surface area contributed by atoms with Gasteiger partial charge in [-0.15, -0.1) is 0 Å². The number of carboxylic acid groups (broad SMARTS) is 1. The number of anilines is 1. The fourth-order valence-electron chi connectivity index (χ4n) is 2.06. The number of aliphatic carboxylic acids is 1. The zero-order chi connectivity index (χ0) is 23.7. The van der Waals surface area contributed by atoms with E-state index in [1.807, 2.05) is 66.7 Å². The van der Waals surface area contributed by atoms with Crippen molar-refractivity contribution >= 4 is 29.0 Å². The highest BCUT2D eigenvalue weighted by Gasteiger charge is 2.11. The number of nitrogens with zero attached hydrogens (tertiary/aromatic N) is 2. The fraction of sp³-hybridized carbons (Fsp3) is 0.522. The van der Waals surface area contributed by atoms with E-state index >= 15 is 0 Å². The molecule has 0 spiro atoms. The van der Waals surface area contributed by atoms with E-state index in [1.165, 1.54) is 0 Å². The summed E-state index contributed by atoms with van der Waals surface area (Å²) in [5.41, 5.74) is 4.22. The second-order valence-electron chi connectivity index (χ2n) is 6.04. The van der Waals surface area contributed by atoms with Crippen molar-refractivity contribution in [1.82, 2.24) is 9.97 Å². The van der Waals surface area contributed by atoms with E-state index in [9.17, 15) is 4.79 Å². The first kappa shape index (κ1) is 30.0. The Morgan fingerprint density at radius 2 is 1.77 bits per heavy atom. The molecule has 0 amide bonds. The molecule has 30 heavy (non-hydrogen) atoms. The Morgan fingerprint density at radius 1 is 1.17 bits per heavy atom. The van der Waals surface area contributed by atoms with Gasteiger partial charge in [-0.2, -0.15) is 0 Å². The van der Waals surface area contributed by atoms with Crippen LogP contribution in [0.1, 0.15) is 72.5 Å². The monoisotopic (exact) mass is 439 g/mol. The van der Waals surface area contributed by atoms with Gasteiger partial charge in [0, 0.05) is 28.6 Å². The number of hydrogen-bond donors (Lipinski definition) is 2. The molecule has 2 N–H and O–H groups in total. The molecule has 0 aliphatic rings. The number of rotatable bonds is 8. The minimum atomic E-state index is -0.915. The molecule has 1 heterocycles. The Labute approximate surface area is 187 Å². The van der Waals surface area contributed by atoms with Crippen molar-refractivity contribution < 1.29 is 14.6 Å². The molecule has 0 aromatic carbocycles. The zero-order valence-electron chi connectivity index (χ0n) is 19.9. The summed E-state index contributed by atoms with van der Waals surface area (Å²) in [5.74, 6) is 0.696. The van der Waals surface area contributed by atoms with Crippen LogP contribution >= 0.6 is 11.6 Å². The Balaban J connectivity index is 0. The number of aromatic nitrogens is 2. The molecule has 0 atom stereocenters. The van der Waals surface area contributed by atoms with Gasteiger partial charge in [-0.05, 0) is 59.6 Å². The van der Waals surface area contributed by atoms with Crippen LogP contribution in [0.4, 0.5) is 5.82 Å². The van der Waals surface area contributed by atoms with E-state index in [2.05, 4.69) is 26.9 Å². The normalized spacial score (nSPS) is 11.7. The van der Waals surface area contributed by atoms with Gasteiger partial charge in [0.1, 0.15) is 12.4 Å². The van der Waals surface area contributed by atoms with E-state index in [4.69, 9.17) is 16.7 Å². The van der Waals surface area contributed by atoms with Gasteiger partial charge in [0.05, 0.1) is 0 Å². The molecule has 0 radical (unpaired) electrons. The lowest BCUT2D eigenvalue weighted by Gasteiger charge is -2.14. The number of allylic oxidation sites excluding steroid dienone is 6. The van der Waals surface area contributed by atoms with Crippen LogP contribution in [0.15, 0.2) is 29.0 Å². The Morgan fingerprint density at radius 3 is 2.17 bits per heavy atom. The maximum absolute atomic E-state index is 9.63. The molecule has 1 aromatic rings. The number of aryl methyl sites for hydroxylation is 1. The predicted octanol–water partition coefficient (Wildman–Crippen LogP) is 6.36. The van der Waals surface area contributed by atoms with Gasteiger partial charge in [0.2, 0.25) is 0 Å². The highest BCUT2D eigenvalue weighted by atomic mass is 35.5. The summed E-state index contributed by atoms with van der Waals surface area (Å²) in [6.07, 6.45) is 6.72. The number of nitrogens with one attached hydrogen (secondary N) is 1. The van der Waals surface area contributed by atoms with Crippen LogP contribution in [0.5, 0.6) is 0 Å². The van der Waals surface area contributed by atoms with Crippen LogP contribution < -0.4 is 5.32 Å². The molecule has 0 saturated heterocycles. The standard InChI is InChI=1S/C17H24ClN3.C4H8O3.C2H6/c1-7-13(5)19-17-15(8-2)14(6)20-16(21-17)11(3)9-10-12(4)18;1-2-7-3-4(5)6;1-2/h7,9-10H,8H2,1-6H3,(H,19,20,21);2-3H2,1H3,(H,5,6);1-2H3/b11-9+,12-10+,13-7+;;. The van der Waals surface area contributed by atoms with Gasteiger partial charge < -0.3 is 15.2 Å². The van der Waals surface area contributed by atoms with Crippen LogP contribution in [0.3, 0.4) is 0 Å². The minimum Gasteiger partial charge on any atom is -0.480 e. The summed E-state index contributed by atoms with van der Waals surface area (Å²) in [7, 11) is 0. The van der Waals surface area contributed by atoms with Crippen LogP contribution in [0.25, 0.3) is 5.57 Å². The maximum atomic E-state index is 9.63. The van der Waals surface area contributed by atoms with E-state index in [1.54, 1.807) is 6.92 Å². The largest absolute Gasteiger partial charge is 0.480 e. The highest BCUT2D eigenvalue weighted by molar-refractivity contribution is 6.29. The van der Waals surface area contributed by atoms with Crippen LogP contribution in [-0.2, 0) is 16.0 Å². The minimum absolute atomic E-state index is 0.184. The average molecular weight is 440 g/mol. The molecule has 0 fully saturated rings. The third-order valence-corrected chi connectivity index (χ3v) is 3.79. The molecule has 170 valence electrons. The molecule has 6 nitrogen and oxygen atoms in total. The van der Waals surface area contributed by atoms with Crippen LogP contribution in [-0.4, -0.2) is 34.3 Å². The number of carboxylic acids is 1. The van der Waals surface area contributed by atoms with Gasteiger partial charge in [0.15, 0.2) is 5.82 Å². The highest BCUT2D eigenvalue weighted by Crippen LogP contribution is 2.22. The molecule has 7 heteroatoms. The van der Waals surface area contributed by atoms with Crippen molar-refractivity contribution in [2.45, 2.75) is 68.7 Å². The summed E-state index contributed by atoms with van der Waals surface area (Å²) in [4.78, 5) is 18.9. The zero-order valence-corrected chi connectivity index (χ0v) is 20.6. The number of ether oxygens (including phenoxy) is 1. The maximum Gasteiger partial charge on any atom is 0.329 e. The Hall–Kier alpha value is -2.18. The van der Waals surface area contributed by atoms with Crippen molar-refractivity contribution in [3.8, 4) is 0 Å². The molecule has 0 unspecified atom stereocenters. The summed E-state index contributed by atoms with van der Waals surface area (Å²) in [6, 6.07) is 0. The van der Waals surface area contributed by atoms with Gasteiger partial charge in [0.25, 0.3) is 0 Å². The van der Waals surface area contributed by atoms with Crippen molar-refractivity contribution in [2.75, 3.05) is 18.5 Å². The van der Waals surface area contributed by atoms with E-state index in [-0.39, 0.29) is 6.61 Å². The van der Waals surface area contributed by atoms with E-state index < -0.39 is 5.97 Å². The topological polar surface area (TPSA) is 84.3 Å². The van der Waals surface area contributed by atoms with Gasteiger partial charge in [-0.1, -0.05) is 44.5 Å². The summed E-state index contributed by atoms with van der Waals surface area (Å²) < 4.78 is 4.50. The number of hydrogen-bond acceptors (Lipinski definition) is 5. The second-order valence-corrected chi connectivity index (χ2v) is 6.64. The Bertz CT molecular complexity index is 737. The summed E-state index contributed by atoms with van der Waals surface area (Å²) in [6.45, 7) is 18.0. The Kier molecular flexibility index (Phi) is 17.7. The molecule has 0 aliphatic carbocycles. The molecule has 1 aromatic heterocycles. The first-order chi connectivity index (χ1) is 14.2. The fourth-order valence-corrected chi connectivity index (χ4v) is 2.12. The SMILES string of the molecule is C/C=C(\C)Nc1nc(/C(C)=C/C=C(\C)Cl)nc(C)c1CC.CC.CCOCC(=O)O.